The van der Waals surface area contributed by atoms with Crippen molar-refractivity contribution in [2.24, 2.45) is 5.92 Å². The minimum absolute atomic E-state index is 0.0435. The molecule has 0 spiro atoms. The van der Waals surface area contributed by atoms with E-state index >= 15 is 0 Å². The van der Waals surface area contributed by atoms with E-state index in [4.69, 9.17) is 9.84 Å². The topological polar surface area (TPSA) is 71.0 Å². The number of aliphatic hydroxyl groups is 1. The maximum Gasteiger partial charge on any atom is 0.126 e. The van der Waals surface area contributed by atoms with E-state index in [0.29, 0.717) is 11.6 Å². The van der Waals surface area contributed by atoms with Gasteiger partial charge in [0.1, 0.15) is 11.4 Å². The van der Waals surface area contributed by atoms with Crippen LogP contribution in [0.4, 0.5) is 0 Å². The van der Waals surface area contributed by atoms with Crippen LogP contribution in [0.1, 0.15) is 42.9 Å². The second-order valence-electron chi connectivity index (χ2n) is 6.07. The highest BCUT2D eigenvalue weighted by atomic mass is 16.5. The second kappa shape index (κ2) is 5.15. The van der Waals surface area contributed by atoms with Gasteiger partial charge in [0.15, 0.2) is 0 Å². The molecular weight excluding hydrogens is 266 g/mol. The SMILES string of the molecule is OCc1cc(-c2cc(OCC3CC3)c(C3CC3)cn2)n[nH]1. The van der Waals surface area contributed by atoms with Gasteiger partial charge in [0.2, 0.25) is 0 Å². The fourth-order valence-corrected chi connectivity index (χ4v) is 2.48. The van der Waals surface area contributed by atoms with Crippen LogP contribution in [0.2, 0.25) is 0 Å². The van der Waals surface area contributed by atoms with Gasteiger partial charge in [0.25, 0.3) is 0 Å². The van der Waals surface area contributed by atoms with Crippen molar-refractivity contribution in [1.82, 2.24) is 15.2 Å². The van der Waals surface area contributed by atoms with Crippen LogP contribution in [-0.2, 0) is 6.61 Å². The average Bonchev–Trinajstić information content (AvgIpc) is 3.43. The largest absolute Gasteiger partial charge is 0.493 e. The molecule has 110 valence electrons. The lowest BCUT2D eigenvalue weighted by Crippen LogP contribution is -2.02. The normalized spacial score (nSPS) is 18.0. The highest BCUT2D eigenvalue weighted by molar-refractivity contribution is 5.58. The van der Waals surface area contributed by atoms with Gasteiger partial charge in [-0.15, -0.1) is 0 Å². The second-order valence-corrected chi connectivity index (χ2v) is 6.07. The smallest absolute Gasteiger partial charge is 0.126 e. The molecule has 2 aromatic rings. The number of rotatable bonds is 6. The van der Waals surface area contributed by atoms with Crippen LogP contribution in [0.25, 0.3) is 11.4 Å². The number of aliphatic hydroxyl groups excluding tert-OH is 1. The summed E-state index contributed by atoms with van der Waals surface area (Å²) >= 11 is 0. The molecule has 2 N–H and O–H groups in total. The van der Waals surface area contributed by atoms with Crippen molar-refractivity contribution >= 4 is 0 Å². The maximum absolute atomic E-state index is 9.11. The Morgan fingerprint density at radius 2 is 2.05 bits per heavy atom. The molecule has 2 heterocycles. The number of aromatic nitrogens is 3. The van der Waals surface area contributed by atoms with E-state index in [1.165, 1.54) is 31.2 Å². The fourth-order valence-electron chi connectivity index (χ4n) is 2.48. The van der Waals surface area contributed by atoms with E-state index in [0.717, 1.165) is 29.7 Å². The first kappa shape index (κ1) is 12.8. The predicted molar refractivity (Wildman–Crippen MR) is 77.9 cm³/mol. The number of hydrogen-bond acceptors (Lipinski definition) is 4. The molecule has 5 heteroatoms. The highest BCUT2D eigenvalue weighted by Crippen LogP contribution is 2.45. The molecule has 0 unspecified atom stereocenters. The van der Waals surface area contributed by atoms with Crippen molar-refractivity contribution < 1.29 is 9.84 Å². The van der Waals surface area contributed by atoms with Crippen molar-refractivity contribution in [2.75, 3.05) is 6.61 Å². The van der Waals surface area contributed by atoms with E-state index in [1.807, 2.05) is 18.3 Å². The van der Waals surface area contributed by atoms with Crippen molar-refractivity contribution in [2.45, 2.75) is 38.2 Å². The Kier molecular flexibility index (Phi) is 3.15. The van der Waals surface area contributed by atoms with Gasteiger partial charge in [-0.05, 0) is 43.6 Å². The van der Waals surface area contributed by atoms with Crippen LogP contribution >= 0.6 is 0 Å². The molecule has 0 amide bonds. The quantitative estimate of drug-likeness (QED) is 0.856. The van der Waals surface area contributed by atoms with E-state index in [9.17, 15) is 0 Å². The summed E-state index contributed by atoms with van der Waals surface area (Å²) in [5, 5.41) is 16.1. The maximum atomic E-state index is 9.11. The third kappa shape index (κ3) is 2.78. The summed E-state index contributed by atoms with van der Waals surface area (Å²) in [6.45, 7) is 0.768. The van der Waals surface area contributed by atoms with Gasteiger partial charge in [-0.1, -0.05) is 0 Å². The van der Waals surface area contributed by atoms with Crippen LogP contribution in [-0.4, -0.2) is 26.9 Å². The minimum atomic E-state index is -0.0435. The fraction of sp³-hybridized carbons (Fsp3) is 0.500. The monoisotopic (exact) mass is 285 g/mol. The Balaban J connectivity index is 1.62. The van der Waals surface area contributed by atoms with Crippen molar-refractivity contribution in [3.05, 3.63) is 29.6 Å². The first-order valence-corrected chi connectivity index (χ1v) is 7.61. The van der Waals surface area contributed by atoms with Crippen molar-refractivity contribution in [1.29, 1.82) is 0 Å². The molecule has 4 rings (SSSR count). The zero-order valence-electron chi connectivity index (χ0n) is 11.9. The van der Waals surface area contributed by atoms with Gasteiger partial charge in [0, 0.05) is 17.8 Å². The van der Waals surface area contributed by atoms with Crippen molar-refractivity contribution in [3.63, 3.8) is 0 Å². The van der Waals surface area contributed by atoms with Gasteiger partial charge in [0.05, 0.1) is 24.6 Å². The summed E-state index contributed by atoms with van der Waals surface area (Å²) < 4.78 is 6.03. The number of ether oxygens (including phenoxy) is 1. The summed E-state index contributed by atoms with van der Waals surface area (Å²) in [6, 6.07) is 3.82. The zero-order valence-corrected chi connectivity index (χ0v) is 11.9. The molecule has 0 atom stereocenters. The third-order valence-corrected chi connectivity index (χ3v) is 4.15. The Labute approximate surface area is 123 Å². The Hall–Kier alpha value is -1.88. The van der Waals surface area contributed by atoms with Gasteiger partial charge in [-0.25, -0.2) is 0 Å². The average molecular weight is 285 g/mol. The molecule has 21 heavy (non-hydrogen) atoms. The minimum Gasteiger partial charge on any atom is -0.493 e. The number of nitrogens with zero attached hydrogens (tertiary/aromatic N) is 2. The summed E-state index contributed by atoms with van der Waals surface area (Å²) in [4.78, 5) is 4.52. The predicted octanol–water partition coefficient (Wildman–Crippen LogP) is 2.63. The third-order valence-electron chi connectivity index (χ3n) is 4.15. The molecular formula is C16H19N3O2. The van der Waals surface area contributed by atoms with Gasteiger partial charge in [-0.3, -0.25) is 10.1 Å². The summed E-state index contributed by atoms with van der Waals surface area (Å²) in [5.41, 5.74) is 3.47. The molecule has 2 aliphatic carbocycles. The number of nitrogens with one attached hydrogen (secondary N) is 1. The Morgan fingerprint density at radius 1 is 1.19 bits per heavy atom. The van der Waals surface area contributed by atoms with Gasteiger partial charge in [-0.2, -0.15) is 5.10 Å². The van der Waals surface area contributed by atoms with Gasteiger partial charge < -0.3 is 9.84 Å². The lowest BCUT2D eigenvalue weighted by atomic mass is 10.1. The Morgan fingerprint density at radius 3 is 2.71 bits per heavy atom. The van der Waals surface area contributed by atoms with Gasteiger partial charge >= 0.3 is 0 Å². The molecule has 2 aromatic heterocycles. The molecule has 0 aliphatic heterocycles. The number of pyridine rings is 1. The van der Waals surface area contributed by atoms with Crippen LogP contribution in [0.5, 0.6) is 5.75 Å². The summed E-state index contributed by atoms with van der Waals surface area (Å²) in [5.74, 6) is 2.32. The highest BCUT2D eigenvalue weighted by Gasteiger charge is 2.29. The number of H-pyrrole nitrogens is 1. The number of hydrogen-bond donors (Lipinski definition) is 2. The molecule has 0 bridgehead atoms. The molecule has 2 aliphatic rings. The van der Waals surface area contributed by atoms with Crippen LogP contribution in [0.15, 0.2) is 18.3 Å². The molecule has 0 radical (unpaired) electrons. The summed E-state index contributed by atoms with van der Waals surface area (Å²) in [7, 11) is 0. The molecule has 5 nitrogen and oxygen atoms in total. The van der Waals surface area contributed by atoms with Crippen molar-refractivity contribution in [3.8, 4) is 17.1 Å². The lowest BCUT2D eigenvalue weighted by molar-refractivity contribution is 0.276. The standard InChI is InChI=1S/C16H19N3O2/c20-8-12-5-15(19-18-12)14-6-16(21-9-10-1-2-10)13(7-17-14)11-3-4-11/h5-7,10-11,20H,1-4,8-9H2,(H,18,19). The van der Waals surface area contributed by atoms with E-state index < -0.39 is 0 Å². The molecule has 2 fully saturated rings. The Bertz CT molecular complexity index is 645. The first-order valence-electron chi connectivity index (χ1n) is 7.61. The molecule has 0 aromatic carbocycles. The summed E-state index contributed by atoms with van der Waals surface area (Å²) in [6.07, 6.45) is 6.98. The van der Waals surface area contributed by atoms with Crippen LogP contribution in [0, 0.1) is 5.92 Å². The number of aromatic amines is 1. The lowest BCUT2D eigenvalue weighted by Gasteiger charge is -2.11. The van der Waals surface area contributed by atoms with E-state index in [1.54, 1.807) is 0 Å². The molecule has 2 saturated carbocycles. The van der Waals surface area contributed by atoms with Crippen LogP contribution < -0.4 is 4.74 Å². The van der Waals surface area contributed by atoms with E-state index in [-0.39, 0.29) is 6.61 Å². The van der Waals surface area contributed by atoms with Crippen LogP contribution in [0.3, 0.4) is 0 Å². The molecule has 0 saturated heterocycles. The zero-order chi connectivity index (χ0) is 14.2. The van der Waals surface area contributed by atoms with E-state index in [2.05, 4.69) is 15.2 Å². The first-order chi connectivity index (χ1) is 10.3.